The molecule has 3 aromatic rings. The summed E-state index contributed by atoms with van der Waals surface area (Å²) in [6, 6.07) is 14.3. The van der Waals surface area contributed by atoms with Gasteiger partial charge in [0.2, 0.25) is 5.91 Å². The molecule has 1 N–H and O–H groups in total. The predicted octanol–water partition coefficient (Wildman–Crippen LogP) is 5.10. The number of thioether (sulfide) groups is 1. The van der Waals surface area contributed by atoms with Crippen LogP contribution in [-0.4, -0.2) is 27.8 Å². The van der Waals surface area contributed by atoms with Crippen LogP contribution < -0.4 is 10.1 Å². The van der Waals surface area contributed by atoms with Crippen molar-refractivity contribution in [2.45, 2.75) is 64.5 Å². The second kappa shape index (κ2) is 11.9. The number of rotatable bonds is 11. The lowest BCUT2D eigenvalue weighted by Gasteiger charge is -2.13. The third kappa shape index (κ3) is 7.35. The van der Waals surface area contributed by atoms with E-state index in [1.165, 1.54) is 16.7 Å². The molecule has 0 aliphatic carbocycles. The van der Waals surface area contributed by atoms with Gasteiger partial charge in [0.25, 0.3) is 0 Å². The first kappa shape index (κ1) is 24.8. The number of benzene rings is 2. The molecule has 3 rings (SSSR count). The predicted molar refractivity (Wildman–Crippen MR) is 133 cm³/mol. The summed E-state index contributed by atoms with van der Waals surface area (Å²) >= 11 is 1.70. The van der Waals surface area contributed by atoms with E-state index >= 15 is 0 Å². The van der Waals surface area contributed by atoms with Crippen LogP contribution in [0.3, 0.4) is 0 Å². The van der Waals surface area contributed by atoms with Crippen LogP contribution in [0.4, 0.5) is 0 Å². The number of aromatic nitrogens is 3. The molecule has 1 amide bonds. The Hall–Kier alpha value is -2.80. The van der Waals surface area contributed by atoms with Crippen LogP contribution in [0.2, 0.25) is 0 Å². The molecule has 2 aromatic carbocycles. The molecule has 0 aliphatic rings. The monoisotopic (exact) mass is 466 g/mol. The van der Waals surface area contributed by atoms with Crippen molar-refractivity contribution in [1.29, 1.82) is 0 Å². The smallest absolute Gasteiger partial charge is 0.220 e. The molecule has 33 heavy (non-hydrogen) atoms. The molecule has 0 fully saturated rings. The van der Waals surface area contributed by atoms with E-state index in [0.29, 0.717) is 25.3 Å². The van der Waals surface area contributed by atoms with Crippen molar-refractivity contribution in [2.75, 3.05) is 7.11 Å². The molecule has 0 saturated carbocycles. The van der Waals surface area contributed by atoms with E-state index in [9.17, 15) is 4.79 Å². The maximum Gasteiger partial charge on any atom is 0.220 e. The van der Waals surface area contributed by atoms with Gasteiger partial charge in [0.1, 0.15) is 11.6 Å². The fraction of sp³-hybridized carbons (Fsp3) is 0.423. The second-order valence-corrected chi connectivity index (χ2v) is 9.72. The second-order valence-electron chi connectivity index (χ2n) is 8.78. The zero-order valence-electron chi connectivity index (χ0n) is 20.2. The van der Waals surface area contributed by atoms with E-state index in [0.717, 1.165) is 34.6 Å². The first-order valence-corrected chi connectivity index (χ1v) is 12.3. The third-order valence-corrected chi connectivity index (χ3v) is 6.27. The van der Waals surface area contributed by atoms with E-state index in [1.807, 2.05) is 24.3 Å². The average molecular weight is 467 g/mol. The molecule has 0 bridgehead atoms. The highest BCUT2D eigenvalue weighted by Crippen LogP contribution is 2.24. The van der Waals surface area contributed by atoms with Gasteiger partial charge < -0.3 is 14.6 Å². The number of carbonyl (C=O) groups excluding carboxylic acids is 1. The molecule has 0 atom stereocenters. The summed E-state index contributed by atoms with van der Waals surface area (Å²) in [5.41, 5.74) is 4.79. The summed E-state index contributed by atoms with van der Waals surface area (Å²) in [5, 5.41) is 12.8. The molecular weight excluding hydrogens is 432 g/mol. The van der Waals surface area contributed by atoms with E-state index < -0.39 is 0 Å². The van der Waals surface area contributed by atoms with Crippen LogP contribution in [0.1, 0.15) is 48.3 Å². The van der Waals surface area contributed by atoms with Gasteiger partial charge in [-0.05, 0) is 31.4 Å². The molecule has 1 aromatic heterocycles. The van der Waals surface area contributed by atoms with Gasteiger partial charge in [-0.3, -0.25) is 4.79 Å². The molecule has 0 unspecified atom stereocenters. The van der Waals surface area contributed by atoms with Gasteiger partial charge in [-0.25, -0.2) is 0 Å². The summed E-state index contributed by atoms with van der Waals surface area (Å²) in [6.45, 7) is 9.89. The highest BCUT2D eigenvalue weighted by atomic mass is 32.2. The molecule has 1 heterocycles. The van der Waals surface area contributed by atoms with Crippen LogP contribution in [0.5, 0.6) is 5.75 Å². The average Bonchev–Trinajstić information content (AvgIpc) is 3.15. The van der Waals surface area contributed by atoms with E-state index in [4.69, 9.17) is 4.74 Å². The molecule has 7 heteroatoms. The van der Waals surface area contributed by atoms with Gasteiger partial charge in [-0.1, -0.05) is 73.1 Å². The SMILES string of the molecule is COc1ccccc1CNC(=O)CCc1nnc(SCc2cc(C)cc(C)c2)n1CC(C)C. The minimum atomic E-state index is -0.00978. The summed E-state index contributed by atoms with van der Waals surface area (Å²) in [5.74, 6) is 2.93. The van der Waals surface area contributed by atoms with Crippen LogP contribution in [0.15, 0.2) is 47.6 Å². The number of nitrogens with one attached hydrogen (secondary N) is 1. The molecule has 6 nitrogen and oxygen atoms in total. The summed E-state index contributed by atoms with van der Waals surface area (Å²) in [4.78, 5) is 12.5. The lowest BCUT2D eigenvalue weighted by molar-refractivity contribution is -0.121. The fourth-order valence-electron chi connectivity index (χ4n) is 3.82. The first-order valence-electron chi connectivity index (χ1n) is 11.4. The molecule has 0 saturated heterocycles. The Labute approximate surface area is 201 Å². The Morgan fingerprint density at radius 1 is 1.12 bits per heavy atom. The highest BCUT2D eigenvalue weighted by molar-refractivity contribution is 7.98. The van der Waals surface area contributed by atoms with Crippen LogP contribution >= 0.6 is 11.8 Å². The number of nitrogens with zero attached hydrogens (tertiary/aromatic N) is 3. The minimum absolute atomic E-state index is 0.00978. The van der Waals surface area contributed by atoms with Gasteiger partial charge in [-0.2, -0.15) is 0 Å². The number of para-hydroxylation sites is 1. The lowest BCUT2D eigenvalue weighted by atomic mass is 10.1. The topological polar surface area (TPSA) is 69.0 Å². The maximum absolute atomic E-state index is 12.5. The zero-order chi connectivity index (χ0) is 23.8. The Balaban J connectivity index is 1.61. The zero-order valence-corrected chi connectivity index (χ0v) is 21.0. The van der Waals surface area contributed by atoms with Crippen LogP contribution in [0, 0.1) is 19.8 Å². The number of hydrogen-bond donors (Lipinski definition) is 1. The fourth-order valence-corrected chi connectivity index (χ4v) is 4.71. The minimum Gasteiger partial charge on any atom is -0.496 e. The van der Waals surface area contributed by atoms with Crippen molar-refractivity contribution < 1.29 is 9.53 Å². The van der Waals surface area contributed by atoms with Crippen molar-refractivity contribution in [2.24, 2.45) is 5.92 Å². The van der Waals surface area contributed by atoms with Gasteiger partial charge in [0.05, 0.1) is 7.11 Å². The molecule has 176 valence electrons. The number of amides is 1. The number of hydrogen-bond acceptors (Lipinski definition) is 5. The van der Waals surface area contributed by atoms with Gasteiger partial charge >= 0.3 is 0 Å². The standard InChI is InChI=1S/C26H34N4O2S/c1-18(2)16-30-24(10-11-25(31)27-15-22-8-6-7-9-23(22)32-5)28-29-26(30)33-17-21-13-19(3)12-20(4)14-21/h6-9,12-14,18H,10-11,15-17H2,1-5H3,(H,27,31). The first-order chi connectivity index (χ1) is 15.9. The van der Waals surface area contributed by atoms with Gasteiger partial charge in [0, 0.05) is 37.2 Å². The quantitative estimate of drug-likeness (QED) is 0.398. The number of methoxy groups -OCH3 is 1. The Morgan fingerprint density at radius 3 is 2.55 bits per heavy atom. The van der Waals surface area contributed by atoms with E-state index in [2.05, 4.69) is 66.0 Å². The molecule has 0 radical (unpaired) electrons. The molecule has 0 spiro atoms. The van der Waals surface area contributed by atoms with Crippen molar-refractivity contribution >= 4 is 17.7 Å². The summed E-state index contributed by atoms with van der Waals surface area (Å²) in [6.07, 6.45) is 0.925. The maximum atomic E-state index is 12.5. The van der Waals surface area contributed by atoms with Gasteiger partial charge in [-0.15, -0.1) is 10.2 Å². The largest absolute Gasteiger partial charge is 0.496 e. The Kier molecular flexibility index (Phi) is 8.95. The molecule has 0 aliphatic heterocycles. The number of ether oxygens (including phenoxy) is 1. The highest BCUT2D eigenvalue weighted by Gasteiger charge is 2.16. The summed E-state index contributed by atoms with van der Waals surface area (Å²) < 4.78 is 7.53. The third-order valence-electron chi connectivity index (χ3n) is 5.23. The Bertz CT molecular complexity index is 1060. The van der Waals surface area contributed by atoms with Crippen molar-refractivity contribution in [1.82, 2.24) is 20.1 Å². The number of carbonyl (C=O) groups is 1. The van der Waals surface area contributed by atoms with Crippen molar-refractivity contribution in [3.05, 3.63) is 70.5 Å². The molecular formula is C26H34N4O2S. The summed E-state index contributed by atoms with van der Waals surface area (Å²) in [7, 11) is 1.64. The van der Waals surface area contributed by atoms with Crippen LogP contribution in [0.25, 0.3) is 0 Å². The Morgan fingerprint density at radius 2 is 1.85 bits per heavy atom. The van der Waals surface area contributed by atoms with Crippen LogP contribution in [-0.2, 0) is 30.1 Å². The number of aryl methyl sites for hydroxylation is 3. The van der Waals surface area contributed by atoms with E-state index in [1.54, 1.807) is 18.9 Å². The van der Waals surface area contributed by atoms with E-state index in [-0.39, 0.29) is 5.91 Å². The van der Waals surface area contributed by atoms with Crippen molar-refractivity contribution in [3.8, 4) is 5.75 Å². The lowest BCUT2D eigenvalue weighted by Crippen LogP contribution is -2.24. The van der Waals surface area contributed by atoms with Gasteiger partial charge in [0.15, 0.2) is 5.16 Å². The normalized spacial score (nSPS) is 11.1. The van der Waals surface area contributed by atoms with Crippen molar-refractivity contribution in [3.63, 3.8) is 0 Å².